The number of halogens is 1. The minimum absolute atomic E-state index is 0.491. The number of aromatic nitrogens is 1. The predicted molar refractivity (Wildman–Crippen MR) is 92.4 cm³/mol. The molecule has 108 valence electrons. The van der Waals surface area contributed by atoms with Gasteiger partial charge in [-0.05, 0) is 24.3 Å². The van der Waals surface area contributed by atoms with Gasteiger partial charge in [0.15, 0.2) is 0 Å². The summed E-state index contributed by atoms with van der Waals surface area (Å²) in [5.74, 6) is 0. The maximum absolute atomic E-state index is 4.71. The lowest BCUT2D eigenvalue weighted by atomic mass is 10.1. The first-order valence-corrected chi connectivity index (χ1v) is 8.80. The van der Waals surface area contributed by atoms with Crippen LogP contribution in [0.4, 0.5) is 0 Å². The van der Waals surface area contributed by atoms with Crippen LogP contribution in [0.1, 0.15) is 30.0 Å². The van der Waals surface area contributed by atoms with Gasteiger partial charge in [0.2, 0.25) is 0 Å². The van der Waals surface area contributed by atoms with Gasteiger partial charge in [-0.3, -0.25) is 0 Å². The van der Waals surface area contributed by atoms with Crippen molar-refractivity contribution in [2.24, 2.45) is 0 Å². The smallest absolute Gasteiger partial charge is 0.148 e. The number of quaternary nitrogens is 1. The molecule has 0 unspecified atom stereocenters. The van der Waals surface area contributed by atoms with E-state index in [4.69, 9.17) is 4.98 Å². The Kier molecular flexibility index (Phi) is 4.68. The molecule has 0 aliphatic heterocycles. The number of nitrogens with zero attached hydrogens (tertiary/aromatic N) is 1. The van der Waals surface area contributed by atoms with Crippen LogP contribution in [0.2, 0.25) is 0 Å². The molecule has 0 amide bonds. The second-order valence-corrected chi connectivity index (χ2v) is 7.11. The van der Waals surface area contributed by atoms with E-state index < -0.39 is 0 Å². The van der Waals surface area contributed by atoms with E-state index in [-0.39, 0.29) is 0 Å². The standard InChI is InChI=1S/C17H17BrN2S/c1-2-14(12-7-9-13(18)10-8-12)19-11-17-20-15-5-3-4-6-16(15)21-17/h3-10,14,19H,2,11H2,1H3/p+1/t14-/m1/s1. The van der Waals surface area contributed by atoms with Crippen molar-refractivity contribution < 1.29 is 5.32 Å². The summed E-state index contributed by atoms with van der Waals surface area (Å²) in [4.78, 5) is 4.71. The Hall–Kier alpha value is -1.23. The predicted octanol–water partition coefficient (Wildman–Crippen LogP) is 4.27. The average Bonchev–Trinajstić information content (AvgIpc) is 2.92. The normalized spacial score (nSPS) is 12.7. The second kappa shape index (κ2) is 6.69. The van der Waals surface area contributed by atoms with Crippen LogP contribution in [-0.2, 0) is 6.54 Å². The van der Waals surface area contributed by atoms with Gasteiger partial charge >= 0.3 is 0 Å². The lowest BCUT2D eigenvalue weighted by molar-refractivity contribution is -0.711. The van der Waals surface area contributed by atoms with Crippen molar-refractivity contribution in [3.63, 3.8) is 0 Å². The highest BCUT2D eigenvalue weighted by Crippen LogP contribution is 2.21. The quantitative estimate of drug-likeness (QED) is 0.722. The Bertz CT molecular complexity index is 688. The van der Waals surface area contributed by atoms with Crippen LogP contribution >= 0.6 is 27.3 Å². The van der Waals surface area contributed by atoms with Gasteiger partial charge in [0.1, 0.15) is 17.6 Å². The Balaban J connectivity index is 1.71. The molecular formula is C17H18BrN2S+. The molecular weight excluding hydrogens is 344 g/mol. The fraction of sp³-hybridized carbons (Fsp3) is 0.235. The van der Waals surface area contributed by atoms with E-state index in [0.717, 1.165) is 23.0 Å². The van der Waals surface area contributed by atoms with E-state index in [2.05, 4.69) is 70.6 Å². The molecule has 1 aromatic heterocycles. The molecule has 0 aliphatic carbocycles. The molecule has 0 spiro atoms. The Labute approximate surface area is 137 Å². The zero-order valence-electron chi connectivity index (χ0n) is 11.9. The van der Waals surface area contributed by atoms with E-state index in [1.54, 1.807) is 11.3 Å². The third kappa shape index (κ3) is 3.51. The van der Waals surface area contributed by atoms with Crippen LogP contribution in [0.25, 0.3) is 10.2 Å². The summed E-state index contributed by atoms with van der Waals surface area (Å²) in [6.45, 7) is 3.18. The third-order valence-electron chi connectivity index (χ3n) is 3.65. The molecule has 0 saturated heterocycles. The van der Waals surface area contributed by atoms with E-state index in [1.807, 2.05) is 6.07 Å². The maximum atomic E-state index is 4.71. The van der Waals surface area contributed by atoms with Crippen LogP contribution in [0, 0.1) is 0 Å². The topological polar surface area (TPSA) is 29.5 Å². The van der Waals surface area contributed by atoms with Crippen LogP contribution in [0.5, 0.6) is 0 Å². The Morgan fingerprint density at radius 2 is 1.90 bits per heavy atom. The molecule has 3 aromatic rings. The Morgan fingerprint density at radius 1 is 1.14 bits per heavy atom. The fourth-order valence-electron chi connectivity index (χ4n) is 2.50. The first kappa shape index (κ1) is 14.7. The molecule has 1 heterocycles. The molecule has 2 nitrogen and oxygen atoms in total. The summed E-state index contributed by atoms with van der Waals surface area (Å²) in [6.07, 6.45) is 1.12. The molecule has 21 heavy (non-hydrogen) atoms. The largest absolute Gasteiger partial charge is 0.334 e. The molecule has 0 aliphatic rings. The van der Waals surface area contributed by atoms with Gasteiger partial charge < -0.3 is 5.32 Å². The molecule has 4 heteroatoms. The summed E-state index contributed by atoms with van der Waals surface area (Å²) in [5.41, 5.74) is 2.49. The fourth-order valence-corrected chi connectivity index (χ4v) is 3.71. The summed E-state index contributed by atoms with van der Waals surface area (Å²) in [6, 6.07) is 17.5. The van der Waals surface area contributed by atoms with E-state index in [0.29, 0.717) is 6.04 Å². The van der Waals surface area contributed by atoms with Crippen molar-refractivity contribution in [1.29, 1.82) is 0 Å². The number of hydrogen-bond acceptors (Lipinski definition) is 2. The highest BCUT2D eigenvalue weighted by atomic mass is 79.9. The van der Waals surface area contributed by atoms with Gasteiger partial charge in [-0.1, -0.05) is 47.1 Å². The zero-order valence-corrected chi connectivity index (χ0v) is 14.3. The summed E-state index contributed by atoms with van der Waals surface area (Å²) in [5, 5.41) is 3.59. The minimum Gasteiger partial charge on any atom is -0.334 e. The summed E-state index contributed by atoms with van der Waals surface area (Å²) >= 11 is 5.29. The van der Waals surface area contributed by atoms with Crippen LogP contribution < -0.4 is 5.32 Å². The van der Waals surface area contributed by atoms with Gasteiger partial charge in [0, 0.05) is 16.5 Å². The van der Waals surface area contributed by atoms with Crippen LogP contribution in [0.3, 0.4) is 0 Å². The molecule has 0 fully saturated rings. The van der Waals surface area contributed by atoms with E-state index in [9.17, 15) is 0 Å². The molecule has 0 bridgehead atoms. The molecule has 0 saturated carbocycles. The lowest BCUT2D eigenvalue weighted by Gasteiger charge is -2.13. The summed E-state index contributed by atoms with van der Waals surface area (Å²) < 4.78 is 2.41. The molecule has 3 rings (SSSR count). The maximum Gasteiger partial charge on any atom is 0.148 e. The number of nitrogens with two attached hydrogens (primary N) is 1. The third-order valence-corrected chi connectivity index (χ3v) is 5.24. The summed E-state index contributed by atoms with van der Waals surface area (Å²) in [7, 11) is 0. The Morgan fingerprint density at radius 3 is 2.62 bits per heavy atom. The molecule has 1 atom stereocenters. The minimum atomic E-state index is 0.491. The van der Waals surface area contributed by atoms with Crippen molar-refractivity contribution in [3.05, 3.63) is 63.6 Å². The van der Waals surface area contributed by atoms with Crippen molar-refractivity contribution in [1.82, 2.24) is 4.98 Å². The second-order valence-electron chi connectivity index (χ2n) is 5.08. The van der Waals surface area contributed by atoms with Gasteiger partial charge in [-0.25, -0.2) is 4.98 Å². The van der Waals surface area contributed by atoms with E-state index >= 15 is 0 Å². The lowest BCUT2D eigenvalue weighted by Crippen LogP contribution is -2.83. The first-order valence-electron chi connectivity index (χ1n) is 7.19. The molecule has 0 radical (unpaired) electrons. The van der Waals surface area contributed by atoms with Crippen molar-refractivity contribution in [2.75, 3.05) is 0 Å². The number of rotatable bonds is 5. The number of benzene rings is 2. The zero-order chi connectivity index (χ0) is 14.7. The molecule has 2 aromatic carbocycles. The average molecular weight is 362 g/mol. The van der Waals surface area contributed by atoms with Gasteiger partial charge in [0.25, 0.3) is 0 Å². The number of hydrogen-bond donors (Lipinski definition) is 1. The van der Waals surface area contributed by atoms with Gasteiger partial charge in [-0.15, -0.1) is 11.3 Å². The number of thiazole rings is 1. The SMILES string of the molecule is CC[C@@H]([NH2+]Cc1nc2ccccc2s1)c1ccc(Br)cc1. The van der Waals surface area contributed by atoms with Crippen LogP contribution in [0.15, 0.2) is 53.0 Å². The van der Waals surface area contributed by atoms with Crippen molar-refractivity contribution >= 4 is 37.5 Å². The van der Waals surface area contributed by atoms with Crippen molar-refractivity contribution in [3.8, 4) is 0 Å². The number of fused-ring (bicyclic) bond motifs is 1. The highest BCUT2D eigenvalue weighted by Gasteiger charge is 2.13. The highest BCUT2D eigenvalue weighted by molar-refractivity contribution is 9.10. The van der Waals surface area contributed by atoms with E-state index in [1.165, 1.54) is 15.3 Å². The van der Waals surface area contributed by atoms with Gasteiger partial charge in [0.05, 0.1) is 10.2 Å². The molecule has 2 N–H and O–H groups in total. The first-order chi connectivity index (χ1) is 10.3. The van der Waals surface area contributed by atoms with Gasteiger partial charge in [-0.2, -0.15) is 0 Å². The van der Waals surface area contributed by atoms with Crippen molar-refractivity contribution in [2.45, 2.75) is 25.9 Å². The number of para-hydroxylation sites is 1. The monoisotopic (exact) mass is 361 g/mol. The van der Waals surface area contributed by atoms with Crippen LogP contribution in [-0.4, -0.2) is 4.98 Å².